The Morgan fingerprint density at radius 1 is 1.12 bits per heavy atom. The standard InChI is InChI=1S/C25H29ClN4O3S/c1-4-5-10-24-28-25(26)22(18-31)30(24)17-19-11-13-20(14-12-19)21-8-6-7-9-23(21)34(32,33)27-15-16-29(2)3/h6-9,11-15,18H,4-5,10,16-17H2,1-3H3/b27-15+. The fourth-order valence-electron chi connectivity index (χ4n) is 3.55. The van der Waals surface area contributed by atoms with E-state index in [1.54, 1.807) is 24.3 Å². The average Bonchev–Trinajstić information content (AvgIpc) is 3.11. The summed E-state index contributed by atoms with van der Waals surface area (Å²) >= 11 is 6.18. The Morgan fingerprint density at radius 3 is 2.47 bits per heavy atom. The molecular weight excluding hydrogens is 472 g/mol. The van der Waals surface area contributed by atoms with Gasteiger partial charge in [-0.05, 0) is 37.7 Å². The van der Waals surface area contributed by atoms with Crippen LogP contribution in [0.4, 0.5) is 0 Å². The van der Waals surface area contributed by atoms with E-state index in [1.807, 2.05) is 47.8 Å². The summed E-state index contributed by atoms with van der Waals surface area (Å²) in [5.74, 6) is 0.782. The molecule has 1 aromatic heterocycles. The van der Waals surface area contributed by atoms with E-state index in [-0.39, 0.29) is 10.0 Å². The highest BCUT2D eigenvalue weighted by atomic mass is 35.5. The lowest BCUT2D eigenvalue weighted by molar-refractivity contribution is 0.111. The van der Waals surface area contributed by atoms with Crippen molar-refractivity contribution in [3.63, 3.8) is 0 Å². The first kappa shape index (κ1) is 25.8. The van der Waals surface area contributed by atoms with Gasteiger partial charge in [-0.25, -0.2) is 4.98 Å². The summed E-state index contributed by atoms with van der Waals surface area (Å²) in [7, 11) is -0.149. The van der Waals surface area contributed by atoms with Gasteiger partial charge in [0, 0.05) is 31.3 Å². The zero-order valence-corrected chi connectivity index (χ0v) is 21.2. The highest BCUT2D eigenvalue weighted by molar-refractivity contribution is 7.90. The smallest absolute Gasteiger partial charge is 0.282 e. The van der Waals surface area contributed by atoms with E-state index in [0.717, 1.165) is 42.5 Å². The minimum atomic E-state index is -3.84. The lowest BCUT2D eigenvalue weighted by Gasteiger charge is -2.12. The Hall–Kier alpha value is -2.81. The molecule has 0 aliphatic carbocycles. The first-order valence-corrected chi connectivity index (χ1v) is 12.9. The highest BCUT2D eigenvalue weighted by Crippen LogP contribution is 2.29. The van der Waals surface area contributed by atoms with Gasteiger partial charge in [-0.3, -0.25) is 4.79 Å². The summed E-state index contributed by atoms with van der Waals surface area (Å²) in [5.41, 5.74) is 2.65. The van der Waals surface area contributed by atoms with Crippen molar-refractivity contribution in [3.05, 3.63) is 70.8 Å². The third-order valence-electron chi connectivity index (χ3n) is 5.34. The molecule has 34 heavy (non-hydrogen) atoms. The molecule has 0 atom stereocenters. The second-order valence-electron chi connectivity index (χ2n) is 8.23. The van der Waals surface area contributed by atoms with Crippen molar-refractivity contribution in [3.8, 4) is 11.1 Å². The first-order valence-electron chi connectivity index (χ1n) is 11.1. The number of nitrogens with zero attached hydrogens (tertiary/aromatic N) is 4. The molecule has 7 nitrogen and oxygen atoms in total. The largest absolute Gasteiger partial charge is 0.320 e. The normalized spacial score (nSPS) is 12.0. The topological polar surface area (TPSA) is 84.6 Å². The third-order valence-corrected chi connectivity index (χ3v) is 6.95. The maximum atomic E-state index is 12.8. The molecule has 180 valence electrons. The number of halogens is 1. The number of aromatic nitrogens is 2. The van der Waals surface area contributed by atoms with Gasteiger partial charge in [0.2, 0.25) is 0 Å². The second-order valence-corrected chi connectivity index (χ2v) is 10.2. The monoisotopic (exact) mass is 500 g/mol. The van der Waals surface area contributed by atoms with Crippen LogP contribution in [0.2, 0.25) is 5.15 Å². The number of sulfonamides is 1. The number of rotatable bonds is 11. The first-order chi connectivity index (χ1) is 16.3. The van der Waals surface area contributed by atoms with Crippen molar-refractivity contribution in [2.45, 2.75) is 37.6 Å². The minimum Gasteiger partial charge on any atom is -0.320 e. The van der Waals surface area contributed by atoms with E-state index in [0.29, 0.717) is 24.3 Å². The highest BCUT2D eigenvalue weighted by Gasteiger charge is 2.18. The molecule has 0 bridgehead atoms. The van der Waals surface area contributed by atoms with Crippen LogP contribution < -0.4 is 0 Å². The molecule has 0 aliphatic rings. The molecule has 3 aromatic rings. The molecule has 0 radical (unpaired) electrons. The van der Waals surface area contributed by atoms with Crippen LogP contribution in [0, 0.1) is 0 Å². The summed E-state index contributed by atoms with van der Waals surface area (Å²) in [4.78, 5) is 18.0. The van der Waals surface area contributed by atoms with Crippen LogP contribution in [0.3, 0.4) is 0 Å². The Labute approximate surface area is 206 Å². The summed E-state index contributed by atoms with van der Waals surface area (Å²) in [6, 6.07) is 14.4. The summed E-state index contributed by atoms with van der Waals surface area (Å²) < 4.78 is 31.4. The number of imidazole rings is 1. The molecule has 0 spiro atoms. The van der Waals surface area contributed by atoms with Crippen LogP contribution in [0.25, 0.3) is 11.1 Å². The van der Waals surface area contributed by atoms with Crippen LogP contribution in [0.15, 0.2) is 57.8 Å². The maximum Gasteiger partial charge on any atom is 0.282 e. The van der Waals surface area contributed by atoms with Gasteiger partial charge in [0.15, 0.2) is 11.4 Å². The Bertz CT molecular complexity index is 1270. The summed E-state index contributed by atoms with van der Waals surface area (Å²) in [6.45, 7) is 2.97. The van der Waals surface area contributed by atoms with E-state index in [2.05, 4.69) is 16.3 Å². The molecule has 0 aliphatic heterocycles. The van der Waals surface area contributed by atoms with Crippen LogP contribution in [0.5, 0.6) is 0 Å². The molecule has 2 aromatic carbocycles. The van der Waals surface area contributed by atoms with Gasteiger partial charge in [0.1, 0.15) is 11.5 Å². The third kappa shape index (κ3) is 6.20. The van der Waals surface area contributed by atoms with Gasteiger partial charge in [-0.1, -0.05) is 67.4 Å². The molecule has 3 rings (SSSR count). The number of carbonyl (C=O) groups excluding carboxylic acids is 1. The molecule has 0 saturated heterocycles. The lowest BCUT2D eigenvalue weighted by Crippen LogP contribution is -2.14. The van der Waals surface area contributed by atoms with Crippen molar-refractivity contribution in [2.75, 3.05) is 20.6 Å². The Morgan fingerprint density at radius 2 is 1.82 bits per heavy atom. The van der Waals surface area contributed by atoms with Crippen LogP contribution >= 0.6 is 11.6 Å². The van der Waals surface area contributed by atoms with Gasteiger partial charge in [0.25, 0.3) is 10.0 Å². The number of hydrogen-bond acceptors (Lipinski definition) is 5. The van der Waals surface area contributed by atoms with E-state index in [9.17, 15) is 13.2 Å². The molecule has 0 N–H and O–H groups in total. The van der Waals surface area contributed by atoms with E-state index >= 15 is 0 Å². The predicted octanol–water partition coefficient (Wildman–Crippen LogP) is 4.73. The van der Waals surface area contributed by atoms with Crippen molar-refractivity contribution in [1.82, 2.24) is 14.5 Å². The quantitative estimate of drug-likeness (QED) is 0.281. The van der Waals surface area contributed by atoms with E-state index < -0.39 is 10.0 Å². The van der Waals surface area contributed by atoms with Crippen LogP contribution in [-0.4, -0.2) is 56.0 Å². The van der Waals surface area contributed by atoms with Crippen molar-refractivity contribution in [1.29, 1.82) is 0 Å². The predicted molar refractivity (Wildman–Crippen MR) is 136 cm³/mol. The molecule has 9 heteroatoms. The lowest BCUT2D eigenvalue weighted by atomic mass is 10.0. The van der Waals surface area contributed by atoms with Crippen molar-refractivity contribution >= 4 is 34.1 Å². The fourth-order valence-corrected chi connectivity index (χ4v) is 4.88. The molecule has 0 fully saturated rings. The number of carbonyl (C=O) groups is 1. The molecule has 1 heterocycles. The average molecular weight is 501 g/mol. The second kappa shape index (κ2) is 11.6. The Kier molecular flexibility index (Phi) is 8.77. The zero-order valence-electron chi connectivity index (χ0n) is 19.6. The van der Waals surface area contributed by atoms with Gasteiger partial charge < -0.3 is 9.47 Å². The Balaban J connectivity index is 1.90. The number of benzene rings is 2. The van der Waals surface area contributed by atoms with Crippen LogP contribution in [0.1, 0.15) is 41.6 Å². The summed E-state index contributed by atoms with van der Waals surface area (Å²) in [6.07, 6.45) is 4.83. The van der Waals surface area contributed by atoms with Gasteiger partial charge >= 0.3 is 0 Å². The molecular formula is C25H29ClN4O3S. The number of aryl methyl sites for hydroxylation is 1. The fraction of sp³-hybridized carbons (Fsp3) is 0.320. The minimum absolute atomic E-state index is 0.157. The van der Waals surface area contributed by atoms with E-state index in [4.69, 9.17) is 11.6 Å². The zero-order chi connectivity index (χ0) is 24.7. The van der Waals surface area contributed by atoms with Gasteiger partial charge in [-0.15, -0.1) is 0 Å². The molecule has 0 unspecified atom stereocenters. The van der Waals surface area contributed by atoms with E-state index in [1.165, 1.54) is 6.21 Å². The SMILES string of the molecule is CCCCc1nc(Cl)c(C=O)n1Cc1ccc(-c2ccccc2S(=O)(=O)/N=C/CN(C)C)cc1. The van der Waals surface area contributed by atoms with Crippen molar-refractivity contribution in [2.24, 2.45) is 4.40 Å². The molecule has 0 amide bonds. The van der Waals surface area contributed by atoms with Crippen molar-refractivity contribution < 1.29 is 13.2 Å². The summed E-state index contributed by atoms with van der Waals surface area (Å²) in [5, 5.41) is 0.215. The van der Waals surface area contributed by atoms with Crippen LogP contribution in [-0.2, 0) is 23.0 Å². The molecule has 0 saturated carbocycles. The number of hydrogen-bond donors (Lipinski definition) is 0. The number of aldehydes is 1. The maximum absolute atomic E-state index is 12.8. The number of unbranched alkanes of at least 4 members (excludes halogenated alkanes) is 1. The van der Waals surface area contributed by atoms with Gasteiger partial charge in [-0.2, -0.15) is 12.8 Å². The van der Waals surface area contributed by atoms with Gasteiger partial charge in [0.05, 0.1) is 4.90 Å².